The molecule has 2 aromatic rings. The van der Waals surface area contributed by atoms with Crippen molar-refractivity contribution in [3.05, 3.63) is 29.8 Å². The highest BCUT2D eigenvalue weighted by Crippen LogP contribution is 2.26. The first-order valence-electron chi connectivity index (χ1n) is 8.86. The van der Waals surface area contributed by atoms with Crippen molar-refractivity contribution in [1.29, 1.82) is 5.26 Å². The van der Waals surface area contributed by atoms with Crippen molar-refractivity contribution in [2.24, 2.45) is 0 Å². The molecule has 1 amide bonds. The molecule has 1 aliphatic rings. The summed E-state index contributed by atoms with van der Waals surface area (Å²) in [4.78, 5) is 14.7. The molecule has 27 heavy (non-hydrogen) atoms. The smallest absolute Gasteiger partial charge is 0.237 e. The maximum Gasteiger partial charge on any atom is 0.237 e. The minimum absolute atomic E-state index is 0.145. The van der Waals surface area contributed by atoms with Crippen LogP contribution in [0.1, 0.15) is 19.4 Å². The van der Waals surface area contributed by atoms with E-state index in [2.05, 4.69) is 26.5 Å². The summed E-state index contributed by atoms with van der Waals surface area (Å²) >= 11 is 1.37. The fraction of sp³-hybridized carbons (Fsp3) is 0.444. The van der Waals surface area contributed by atoms with Crippen molar-refractivity contribution in [1.82, 2.24) is 14.8 Å². The van der Waals surface area contributed by atoms with Gasteiger partial charge >= 0.3 is 0 Å². The monoisotopic (exact) mass is 386 g/mol. The molecule has 1 aliphatic heterocycles. The zero-order chi connectivity index (χ0) is 19.2. The van der Waals surface area contributed by atoms with E-state index >= 15 is 0 Å². The summed E-state index contributed by atoms with van der Waals surface area (Å²) < 4.78 is 7.42. The molecule has 1 atom stereocenters. The largest absolute Gasteiger partial charge is 0.378 e. The van der Waals surface area contributed by atoms with Crippen molar-refractivity contribution in [3.8, 4) is 6.07 Å². The number of hydrogen-bond acceptors (Lipinski definition) is 7. The van der Waals surface area contributed by atoms with E-state index in [9.17, 15) is 4.79 Å². The zero-order valence-electron chi connectivity index (χ0n) is 15.4. The molecule has 8 nitrogen and oxygen atoms in total. The summed E-state index contributed by atoms with van der Waals surface area (Å²) in [5, 5.41) is 20.8. The molecular formula is C18H22N6O2S. The Morgan fingerprint density at radius 1 is 1.41 bits per heavy atom. The molecule has 0 saturated carbocycles. The van der Waals surface area contributed by atoms with Crippen LogP contribution in [0.5, 0.6) is 0 Å². The molecule has 0 aliphatic carbocycles. The first-order valence-corrected chi connectivity index (χ1v) is 9.74. The number of carbonyl (C=O) groups is 1. The minimum atomic E-state index is -0.359. The average molecular weight is 386 g/mol. The predicted molar refractivity (Wildman–Crippen MR) is 104 cm³/mol. The molecule has 1 fully saturated rings. The summed E-state index contributed by atoms with van der Waals surface area (Å²) in [7, 11) is 0. The normalized spacial score (nSPS) is 15.2. The Kier molecular flexibility index (Phi) is 6.32. The Hall–Kier alpha value is -2.57. The Bertz CT molecular complexity index is 841. The van der Waals surface area contributed by atoms with Crippen molar-refractivity contribution in [3.63, 3.8) is 0 Å². The van der Waals surface area contributed by atoms with Crippen LogP contribution in [0.3, 0.4) is 0 Å². The van der Waals surface area contributed by atoms with E-state index < -0.39 is 0 Å². The molecule has 142 valence electrons. The van der Waals surface area contributed by atoms with Crippen molar-refractivity contribution in [2.75, 3.05) is 36.5 Å². The van der Waals surface area contributed by atoms with Crippen LogP contribution in [0.4, 0.5) is 11.6 Å². The molecule has 0 radical (unpaired) electrons. The number of thioether (sulfide) groups is 1. The predicted octanol–water partition coefficient (Wildman–Crippen LogP) is 2.13. The van der Waals surface area contributed by atoms with Crippen LogP contribution in [-0.4, -0.2) is 52.2 Å². The van der Waals surface area contributed by atoms with Gasteiger partial charge in [-0.2, -0.15) is 5.26 Å². The highest BCUT2D eigenvalue weighted by molar-refractivity contribution is 8.00. The molecule has 3 rings (SSSR count). The molecule has 1 aromatic heterocycles. The van der Waals surface area contributed by atoms with Gasteiger partial charge in [0.1, 0.15) is 0 Å². The lowest BCUT2D eigenvalue weighted by molar-refractivity contribution is -0.115. The van der Waals surface area contributed by atoms with Crippen LogP contribution < -0.4 is 10.2 Å². The maximum atomic E-state index is 12.5. The minimum Gasteiger partial charge on any atom is -0.378 e. The first-order chi connectivity index (χ1) is 13.1. The van der Waals surface area contributed by atoms with E-state index in [1.807, 2.05) is 18.4 Å². The number of anilines is 2. The second kappa shape index (κ2) is 8.88. The SMILES string of the molecule is CCn1c(S[C@@H](C)C(=O)Nc2cccc(C#N)c2)nnc1N1CCOCC1. The van der Waals surface area contributed by atoms with Crippen molar-refractivity contribution < 1.29 is 9.53 Å². The zero-order valence-corrected chi connectivity index (χ0v) is 16.2. The summed E-state index contributed by atoms with van der Waals surface area (Å²) in [6.07, 6.45) is 0. The number of nitrogens with one attached hydrogen (secondary N) is 1. The molecule has 2 heterocycles. The Morgan fingerprint density at radius 2 is 2.19 bits per heavy atom. The number of rotatable bonds is 6. The van der Waals surface area contributed by atoms with Crippen LogP contribution in [0.15, 0.2) is 29.4 Å². The third kappa shape index (κ3) is 4.59. The lowest BCUT2D eigenvalue weighted by Crippen LogP contribution is -2.38. The van der Waals surface area contributed by atoms with Gasteiger partial charge in [0.2, 0.25) is 11.9 Å². The van der Waals surface area contributed by atoms with Crippen LogP contribution in [0.25, 0.3) is 0 Å². The van der Waals surface area contributed by atoms with Gasteiger partial charge < -0.3 is 15.0 Å². The number of nitrogens with zero attached hydrogens (tertiary/aromatic N) is 5. The van der Waals surface area contributed by atoms with Crippen LogP contribution in [-0.2, 0) is 16.1 Å². The van der Waals surface area contributed by atoms with Crippen LogP contribution >= 0.6 is 11.8 Å². The Morgan fingerprint density at radius 3 is 2.89 bits per heavy atom. The average Bonchev–Trinajstić information content (AvgIpc) is 3.11. The fourth-order valence-electron chi connectivity index (χ4n) is 2.76. The lowest BCUT2D eigenvalue weighted by atomic mass is 10.2. The summed E-state index contributed by atoms with van der Waals surface area (Å²) in [6.45, 7) is 7.52. The van der Waals surface area contributed by atoms with E-state index in [0.29, 0.717) is 29.6 Å². The maximum absolute atomic E-state index is 12.5. The van der Waals surface area contributed by atoms with Crippen LogP contribution in [0.2, 0.25) is 0 Å². The molecule has 0 bridgehead atoms. The van der Waals surface area contributed by atoms with E-state index in [4.69, 9.17) is 10.00 Å². The second-order valence-electron chi connectivity index (χ2n) is 6.07. The third-order valence-corrected chi connectivity index (χ3v) is 5.30. The molecule has 1 N–H and O–H groups in total. The van der Waals surface area contributed by atoms with E-state index in [-0.39, 0.29) is 11.2 Å². The Labute approximate surface area is 162 Å². The third-order valence-electron chi connectivity index (χ3n) is 4.22. The topological polar surface area (TPSA) is 96.1 Å². The number of nitriles is 1. The Balaban J connectivity index is 1.68. The van der Waals surface area contributed by atoms with E-state index in [0.717, 1.165) is 25.6 Å². The highest BCUT2D eigenvalue weighted by atomic mass is 32.2. The van der Waals surface area contributed by atoms with Crippen molar-refractivity contribution >= 4 is 29.3 Å². The van der Waals surface area contributed by atoms with Crippen LogP contribution in [0, 0.1) is 11.3 Å². The fourth-order valence-corrected chi connectivity index (χ4v) is 3.67. The second-order valence-corrected chi connectivity index (χ2v) is 7.38. The van der Waals surface area contributed by atoms with Crippen molar-refractivity contribution in [2.45, 2.75) is 30.8 Å². The summed E-state index contributed by atoms with van der Waals surface area (Å²) in [5.74, 6) is 0.672. The molecule has 0 spiro atoms. The van der Waals surface area contributed by atoms with Gasteiger partial charge in [0.05, 0.1) is 30.1 Å². The summed E-state index contributed by atoms with van der Waals surface area (Å²) in [6, 6.07) is 8.93. The quantitative estimate of drug-likeness (QED) is 0.760. The number of benzene rings is 1. The number of hydrogen-bond donors (Lipinski definition) is 1. The van der Waals surface area contributed by atoms with Gasteiger partial charge in [0.25, 0.3) is 0 Å². The van der Waals surface area contributed by atoms with E-state index in [1.165, 1.54) is 11.8 Å². The highest BCUT2D eigenvalue weighted by Gasteiger charge is 2.23. The number of carbonyl (C=O) groups excluding carboxylic acids is 1. The van der Waals surface area contributed by atoms with Gasteiger partial charge in [-0.25, -0.2) is 0 Å². The molecule has 0 unspecified atom stereocenters. The number of amides is 1. The van der Waals surface area contributed by atoms with Gasteiger partial charge in [-0.05, 0) is 32.0 Å². The van der Waals surface area contributed by atoms with E-state index in [1.54, 1.807) is 24.3 Å². The number of ether oxygens (including phenoxy) is 1. The molecule has 1 saturated heterocycles. The standard InChI is InChI=1S/C18H22N6O2S/c1-3-24-17(23-7-9-26-10-8-23)21-22-18(24)27-13(2)16(25)20-15-6-4-5-14(11-15)12-19/h4-6,11,13H,3,7-10H2,1-2H3,(H,20,25)/t13-/m0/s1. The molecule has 1 aromatic carbocycles. The number of morpholine rings is 1. The lowest BCUT2D eigenvalue weighted by Gasteiger charge is -2.27. The van der Waals surface area contributed by atoms with Gasteiger partial charge in [0.15, 0.2) is 5.16 Å². The number of aromatic nitrogens is 3. The van der Waals surface area contributed by atoms with Gasteiger partial charge in [0, 0.05) is 25.3 Å². The summed E-state index contributed by atoms with van der Waals surface area (Å²) in [5.41, 5.74) is 1.12. The van der Waals surface area contributed by atoms with Gasteiger partial charge in [-0.15, -0.1) is 10.2 Å². The first kappa shape index (κ1) is 19.2. The van der Waals surface area contributed by atoms with Gasteiger partial charge in [-0.1, -0.05) is 17.8 Å². The van der Waals surface area contributed by atoms with Gasteiger partial charge in [-0.3, -0.25) is 9.36 Å². The molecule has 9 heteroatoms. The molecular weight excluding hydrogens is 364 g/mol.